The molecule has 1 aromatic rings. The van der Waals surface area contributed by atoms with Gasteiger partial charge in [-0.25, -0.2) is 8.78 Å². The molecule has 8 nitrogen and oxygen atoms in total. The quantitative estimate of drug-likeness (QED) is 0.346. The average molecular weight is 486 g/mol. The van der Waals surface area contributed by atoms with Crippen molar-refractivity contribution in [3.63, 3.8) is 0 Å². The minimum Gasteiger partial charge on any atom is -0.472 e. The number of aliphatic hydroxyl groups excluding tert-OH is 1. The van der Waals surface area contributed by atoms with E-state index in [-0.39, 0.29) is 43.7 Å². The van der Waals surface area contributed by atoms with Crippen LogP contribution in [0.25, 0.3) is 0 Å². The first kappa shape index (κ1) is 25.5. The van der Waals surface area contributed by atoms with E-state index >= 15 is 0 Å². The van der Waals surface area contributed by atoms with E-state index < -0.39 is 30.9 Å². The summed E-state index contributed by atoms with van der Waals surface area (Å²) >= 11 is 0. The summed E-state index contributed by atoms with van der Waals surface area (Å²) in [7, 11) is 0. The monoisotopic (exact) mass is 486 g/mol. The van der Waals surface area contributed by atoms with Crippen LogP contribution in [0.4, 0.5) is 17.6 Å². The first-order valence-corrected chi connectivity index (χ1v) is 10.7. The van der Waals surface area contributed by atoms with Gasteiger partial charge in [-0.15, -0.1) is 0 Å². The normalized spacial score (nSPS) is 18.1. The van der Waals surface area contributed by atoms with Crippen LogP contribution in [0.2, 0.25) is 0 Å². The zero-order valence-corrected chi connectivity index (χ0v) is 18.7. The van der Waals surface area contributed by atoms with Crippen LogP contribution in [-0.4, -0.2) is 71.5 Å². The number of halogens is 4. The van der Waals surface area contributed by atoms with E-state index in [2.05, 4.69) is 15.6 Å². The fraction of sp³-hybridized carbons (Fsp3) is 0.500. The molecule has 3 N–H and O–H groups in total. The van der Waals surface area contributed by atoms with Crippen LogP contribution in [0.15, 0.2) is 35.4 Å². The number of hydrogen-bond donors (Lipinski definition) is 3. The lowest BCUT2D eigenvalue weighted by molar-refractivity contribution is -0.159. The Labute approximate surface area is 193 Å². The van der Waals surface area contributed by atoms with Crippen molar-refractivity contribution in [2.45, 2.75) is 45.2 Å². The number of dihydropyridines is 1. The number of fused-ring (bicyclic) bond motifs is 1. The van der Waals surface area contributed by atoms with Crippen LogP contribution < -0.4 is 10.6 Å². The lowest BCUT2D eigenvalue weighted by atomic mass is 10.0. The van der Waals surface area contributed by atoms with Crippen molar-refractivity contribution in [2.24, 2.45) is 0 Å². The first-order chi connectivity index (χ1) is 16.0. The molecule has 0 saturated heterocycles. The van der Waals surface area contributed by atoms with Gasteiger partial charge in [-0.1, -0.05) is 6.08 Å². The standard InChI is InChI=1S/C22H26F4N4O4/c1-12-8-14(13(2)29-19(12)34-11-22(25,26)21(23)24)9-30-10-16-15(20(30)33)4-6-27-17(16)18(32)28-5-3-7-31/h4,6,8,13,21,29,31H,3,5,7,9-11H2,1-2H3,(H,28,32). The molecular weight excluding hydrogens is 460 g/mol. The van der Waals surface area contributed by atoms with Gasteiger partial charge in [0, 0.05) is 55.2 Å². The van der Waals surface area contributed by atoms with Gasteiger partial charge in [0.1, 0.15) is 5.69 Å². The molecular formula is C22H26F4N4O4. The van der Waals surface area contributed by atoms with E-state index in [9.17, 15) is 27.2 Å². The molecule has 2 aliphatic heterocycles. The Kier molecular flexibility index (Phi) is 7.80. The number of alkyl halides is 4. The number of rotatable bonds is 10. The number of hydrogen-bond acceptors (Lipinski definition) is 6. The van der Waals surface area contributed by atoms with E-state index in [4.69, 9.17) is 9.84 Å². The average Bonchev–Trinajstić information content (AvgIpc) is 3.10. The predicted molar refractivity (Wildman–Crippen MR) is 113 cm³/mol. The Balaban J connectivity index is 1.72. The SMILES string of the molecule is CC1=C(OCC(F)(F)C(F)F)NC(C)C(CN2Cc3c(ccnc3C(=O)NCCCO)C2=O)=C1. The minimum absolute atomic E-state index is 0.0290. The maximum atomic E-state index is 13.2. The van der Waals surface area contributed by atoms with E-state index in [0.717, 1.165) is 5.57 Å². The summed E-state index contributed by atoms with van der Waals surface area (Å²) in [5, 5.41) is 14.4. The molecule has 1 atom stereocenters. The van der Waals surface area contributed by atoms with Gasteiger partial charge in [-0.3, -0.25) is 14.6 Å². The Morgan fingerprint density at radius 1 is 1.44 bits per heavy atom. The number of pyridine rings is 1. The lowest BCUT2D eigenvalue weighted by Crippen LogP contribution is -2.40. The zero-order valence-electron chi connectivity index (χ0n) is 18.7. The molecule has 0 aliphatic carbocycles. The number of carbonyl (C=O) groups excluding carboxylic acids is 2. The van der Waals surface area contributed by atoms with Crippen LogP contribution in [0, 0.1) is 0 Å². The van der Waals surface area contributed by atoms with Crippen molar-refractivity contribution in [2.75, 3.05) is 26.3 Å². The summed E-state index contributed by atoms with van der Waals surface area (Å²) in [5.41, 5.74) is 2.17. The third-order valence-corrected chi connectivity index (χ3v) is 5.52. The maximum Gasteiger partial charge on any atom is 0.340 e. The molecule has 0 bridgehead atoms. The summed E-state index contributed by atoms with van der Waals surface area (Å²) < 4.78 is 56.1. The van der Waals surface area contributed by atoms with Crippen molar-refractivity contribution >= 4 is 11.8 Å². The van der Waals surface area contributed by atoms with Gasteiger partial charge in [-0.05, 0) is 31.9 Å². The topological polar surface area (TPSA) is 104 Å². The fourth-order valence-corrected chi connectivity index (χ4v) is 3.64. The van der Waals surface area contributed by atoms with Crippen LogP contribution in [0.3, 0.4) is 0 Å². The highest BCUT2D eigenvalue weighted by molar-refractivity contribution is 6.03. The fourth-order valence-electron chi connectivity index (χ4n) is 3.64. The van der Waals surface area contributed by atoms with E-state index in [1.807, 2.05) is 0 Å². The number of ether oxygens (including phenoxy) is 1. The molecule has 0 aromatic carbocycles. The molecule has 0 saturated carbocycles. The highest BCUT2D eigenvalue weighted by Gasteiger charge is 2.42. The van der Waals surface area contributed by atoms with Crippen LogP contribution >= 0.6 is 0 Å². The summed E-state index contributed by atoms with van der Waals surface area (Å²) in [6, 6.07) is 1.12. The summed E-state index contributed by atoms with van der Waals surface area (Å²) in [6.07, 6.45) is -0.395. The molecule has 12 heteroatoms. The molecule has 186 valence electrons. The largest absolute Gasteiger partial charge is 0.472 e. The number of amides is 2. The molecule has 34 heavy (non-hydrogen) atoms. The van der Waals surface area contributed by atoms with Gasteiger partial charge >= 0.3 is 12.3 Å². The second-order valence-corrected chi connectivity index (χ2v) is 8.13. The van der Waals surface area contributed by atoms with Crippen LogP contribution in [0.1, 0.15) is 46.7 Å². The van der Waals surface area contributed by atoms with Gasteiger partial charge < -0.3 is 25.4 Å². The van der Waals surface area contributed by atoms with Crippen molar-refractivity contribution < 1.29 is 37.0 Å². The molecule has 0 spiro atoms. The Hall–Kier alpha value is -3.15. The van der Waals surface area contributed by atoms with Gasteiger partial charge in [-0.2, -0.15) is 8.78 Å². The van der Waals surface area contributed by atoms with E-state index in [0.29, 0.717) is 23.1 Å². The van der Waals surface area contributed by atoms with Crippen molar-refractivity contribution in [1.29, 1.82) is 0 Å². The molecule has 2 amide bonds. The van der Waals surface area contributed by atoms with Gasteiger partial charge in [0.25, 0.3) is 11.8 Å². The molecule has 0 fully saturated rings. The number of carbonyl (C=O) groups is 2. The van der Waals surface area contributed by atoms with Crippen molar-refractivity contribution in [1.82, 2.24) is 20.5 Å². The number of aromatic nitrogens is 1. The number of aliphatic hydroxyl groups is 1. The Bertz CT molecular complexity index is 1010. The number of allylic oxidation sites excluding steroid dienone is 2. The summed E-state index contributed by atoms with van der Waals surface area (Å²) in [5.74, 6) is -5.02. The number of nitrogens with zero attached hydrogens (tertiary/aromatic N) is 2. The Morgan fingerprint density at radius 2 is 2.18 bits per heavy atom. The molecule has 3 rings (SSSR count). The van der Waals surface area contributed by atoms with Crippen LogP contribution in [0.5, 0.6) is 0 Å². The van der Waals surface area contributed by atoms with Gasteiger partial charge in [0.2, 0.25) is 0 Å². The smallest absolute Gasteiger partial charge is 0.340 e. The highest BCUT2D eigenvalue weighted by Crippen LogP contribution is 2.29. The maximum absolute atomic E-state index is 13.2. The van der Waals surface area contributed by atoms with Gasteiger partial charge in [0.05, 0.1) is 0 Å². The van der Waals surface area contributed by atoms with Crippen LogP contribution in [-0.2, 0) is 11.3 Å². The number of nitrogens with one attached hydrogen (secondary N) is 2. The van der Waals surface area contributed by atoms with E-state index in [1.54, 1.807) is 26.0 Å². The molecule has 1 unspecified atom stereocenters. The van der Waals surface area contributed by atoms with E-state index in [1.165, 1.54) is 11.1 Å². The zero-order chi connectivity index (χ0) is 25.0. The molecule has 0 radical (unpaired) electrons. The second kappa shape index (κ2) is 10.4. The lowest BCUT2D eigenvalue weighted by Gasteiger charge is -2.30. The van der Waals surface area contributed by atoms with Gasteiger partial charge in [0.15, 0.2) is 12.5 Å². The second-order valence-electron chi connectivity index (χ2n) is 8.13. The molecule has 2 aliphatic rings. The van der Waals surface area contributed by atoms with Crippen molar-refractivity contribution in [3.8, 4) is 0 Å². The third-order valence-electron chi connectivity index (χ3n) is 5.52. The molecule has 1 aromatic heterocycles. The summed E-state index contributed by atoms with van der Waals surface area (Å²) in [4.78, 5) is 31.0. The third kappa shape index (κ3) is 5.49. The minimum atomic E-state index is -4.27. The predicted octanol–water partition coefficient (Wildman–Crippen LogP) is 2.22. The van der Waals surface area contributed by atoms with Crippen molar-refractivity contribution in [3.05, 3.63) is 52.2 Å². The molecule has 3 heterocycles. The highest BCUT2D eigenvalue weighted by atomic mass is 19.3. The first-order valence-electron chi connectivity index (χ1n) is 10.7. The Morgan fingerprint density at radius 3 is 2.85 bits per heavy atom. The summed E-state index contributed by atoms with van der Waals surface area (Å²) in [6.45, 7) is 2.39.